The molecule has 0 aliphatic heterocycles. The molecule has 0 radical (unpaired) electrons. The van der Waals surface area contributed by atoms with Crippen LogP contribution in [-0.2, 0) is 0 Å². The molecule has 6 nitrogen and oxygen atoms in total. The third-order valence-corrected chi connectivity index (χ3v) is 2.92. The minimum absolute atomic E-state index is 0.205. The molecule has 1 N–H and O–H groups in total. The number of non-ortho nitro benzene ring substituents is 1. The lowest BCUT2D eigenvalue weighted by atomic mass is 10.2. The number of rotatable bonds is 4. The average molecular weight is 359 g/mol. The first-order chi connectivity index (χ1) is 11.7. The Balaban J connectivity index is 2.23. The number of benzene rings is 2. The summed E-state index contributed by atoms with van der Waals surface area (Å²) in [6, 6.07) is 4.43. The number of hydrogen-bond acceptors (Lipinski definition) is 4. The van der Waals surface area contributed by atoms with Crippen molar-refractivity contribution >= 4 is 17.8 Å². The first kappa shape index (κ1) is 18.0. The number of halogens is 5. The van der Waals surface area contributed by atoms with E-state index in [1.807, 2.05) is 0 Å². The summed E-state index contributed by atoms with van der Waals surface area (Å²) >= 11 is 0. The van der Waals surface area contributed by atoms with Crippen LogP contribution in [0, 0.1) is 39.2 Å². The van der Waals surface area contributed by atoms with Crippen LogP contribution in [-0.4, -0.2) is 17.0 Å². The normalized spacial score (nSPS) is 10.9. The van der Waals surface area contributed by atoms with Crippen LogP contribution in [0.15, 0.2) is 29.4 Å². The van der Waals surface area contributed by atoms with Crippen LogP contribution < -0.4 is 5.43 Å². The van der Waals surface area contributed by atoms with Gasteiger partial charge in [0.2, 0.25) is 5.82 Å². The van der Waals surface area contributed by atoms with Crippen LogP contribution in [0.5, 0.6) is 0 Å². The average Bonchev–Trinajstić information content (AvgIpc) is 2.61. The Morgan fingerprint density at radius 1 is 1.04 bits per heavy atom. The fourth-order valence-corrected chi connectivity index (χ4v) is 1.72. The highest BCUT2D eigenvalue weighted by Gasteiger charge is 2.24. The number of amides is 1. The molecule has 0 fully saturated rings. The van der Waals surface area contributed by atoms with E-state index in [0.29, 0.717) is 0 Å². The highest BCUT2D eigenvalue weighted by atomic mass is 19.2. The molecule has 0 aromatic heterocycles. The van der Waals surface area contributed by atoms with Crippen LogP contribution >= 0.6 is 0 Å². The molecule has 0 bridgehead atoms. The van der Waals surface area contributed by atoms with Gasteiger partial charge in [0.15, 0.2) is 23.3 Å². The molecule has 130 valence electrons. The van der Waals surface area contributed by atoms with Crippen molar-refractivity contribution in [2.75, 3.05) is 0 Å². The molecule has 0 saturated carbocycles. The van der Waals surface area contributed by atoms with Gasteiger partial charge in [-0.15, -0.1) is 0 Å². The summed E-state index contributed by atoms with van der Waals surface area (Å²) in [6.07, 6.45) is 0.228. The molecular formula is C14H6F5N3O3. The Labute approximate surface area is 135 Å². The van der Waals surface area contributed by atoms with E-state index in [4.69, 9.17) is 0 Å². The van der Waals surface area contributed by atoms with Crippen molar-refractivity contribution in [1.29, 1.82) is 0 Å². The molecule has 0 unspecified atom stereocenters. The van der Waals surface area contributed by atoms with Gasteiger partial charge in [-0.25, -0.2) is 27.4 Å². The Morgan fingerprint density at radius 3 is 2.16 bits per heavy atom. The van der Waals surface area contributed by atoms with Crippen molar-refractivity contribution in [3.8, 4) is 0 Å². The van der Waals surface area contributed by atoms with Gasteiger partial charge < -0.3 is 0 Å². The Morgan fingerprint density at radius 2 is 1.60 bits per heavy atom. The minimum atomic E-state index is -2.33. The number of hydrogen-bond donors (Lipinski definition) is 1. The molecule has 0 saturated heterocycles. The SMILES string of the molecule is O=C(NN=Cc1c(F)c(F)c(F)c(F)c1F)c1cccc([N+](=O)[O-])c1. The van der Waals surface area contributed by atoms with E-state index in [1.165, 1.54) is 12.1 Å². The molecule has 0 heterocycles. The zero-order valence-electron chi connectivity index (χ0n) is 11.9. The van der Waals surface area contributed by atoms with Crippen molar-refractivity contribution in [1.82, 2.24) is 5.43 Å². The summed E-state index contributed by atoms with van der Waals surface area (Å²) in [6.45, 7) is 0. The van der Waals surface area contributed by atoms with E-state index >= 15 is 0 Å². The lowest BCUT2D eigenvalue weighted by molar-refractivity contribution is -0.384. The van der Waals surface area contributed by atoms with Gasteiger partial charge in [0.05, 0.1) is 16.7 Å². The van der Waals surface area contributed by atoms with Gasteiger partial charge in [-0.2, -0.15) is 5.10 Å². The highest BCUT2D eigenvalue weighted by Crippen LogP contribution is 2.21. The van der Waals surface area contributed by atoms with Crippen molar-refractivity contribution in [3.05, 3.63) is 74.6 Å². The topological polar surface area (TPSA) is 84.6 Å². The van der Waals surface area contributed by atoms with E-state index in [0.717, 1.165) is 12.1 Å². The first-order valence-electron chi connectivity index (χ1n) is 6.33. The third-order valence-electron chi connectivity index (χ3n) is 2.92. The predicted octanol–water partition coefficient (Wildman–Crippen LogP) is 3.05. The smallest absolute Gasteiger partial charge is 0.267 e. The van der Waals surface area contributed by atoms with Crippen LogP contribution in [0.3, 0.4) is 0 Å². The summed E-state index contributed by atoms with van der Waals surface area (Å²) in [5.41, 5.74) is -0.191. The van der Waals surface area contributed by atoms with Crippen LogP contribution in [0.4, 0.5) is 27.6 Å². The summed E-state index contributed by atoms with van der Waals surface area (Å²) in [7, 11) is 0. The minimum Gasteiger partial charge on any atom is -0.267 e. The number of nitrogens with one attached hydrogen (secondary N) is 1. The van der Waals surface area contributed by atoms with Crippen LogP contribution in [0.1, 0.15) is 15.9 Å². The molecule has 2 aromatic carbocycles. The number of nitrogens with zero attached hydrogens (tertiary/aromatic N) is 2. The molecule has 0 spiro atoms. The standard InChI is InChI=1S/C14H6F5N3O3/c15-9-8(10(16)12(18)13(19)11(9)17)5-20-21-14(23)6-2-1-3-7(4-6)22(24)25/h1-5H,(H,21,23). The second-order valence-electron chi connectivity index (χ2n) is 4.49. The lowest BCUT2D eigenvalue weighted by Gasteiger charge is -2.04. The number of carbonyl (C=O) groups is 1. The number of carbonyl (C=O) groups excluding carboxylic acids is 1. The second kappa shape index (κ2) is 7.03. The zero-order chi connectivity index (χ0) is 18.7. The van der Waals surface area contributed by atoms with Gasteiger partial charge in [0.25, 0.3) is 11.6 Å². The fraction of sp³-hybridized carbons (Fsp3) is 0. The van der Waals surface area contributed by atoms with Gasteiger partial charge >= 0.3 is 0 Å². The zero-order valence-corrected chi connectivity index (χ0v) is 11.9. The van der Waals surface area contributed by atoms with E-state index < -0.39 is 51.2 Å². The maximum absolute atomic E-state index is 13.4. The van der Waals surface area contributed by atoms with Gasteiger partial charge in [-0.3, -0.25) is 14.9 Å². The van der Waals surface area contributed by atoms with Gasteiger partial charge in [0.1, 0.15) is 0 Å². The van der Waals surface area contributed by atoms with E-state index in [1.54, 1.807) is 5.43 Å². The van der Waals surface area contributed by atoms with Gasteiger partial charge in [-0.1, -0.05) is 6.07 Å². The predicted molar refractivity (Wildman–Crippen MR) is 74.4 cm³/mol. The van der Waals surface area contributed by atoms with Gasteiger partial charge in [-0.05, 0) is 6.07 Å². The van der Waals surface area contributed by atoms with E-state index in [2.05, 4.69) is 5.10 Å². The fourth-order valence-electron chi connectivity index (χ4n) is 1.72. The summed E-state index contributed by atoms with van der Waals surface area (Å²) in [5.74, 6) is -11.9. The molecule has 25 heavy (non-hydrogen) atoms. The maximum Gasteiger partial charge on any atom is 0.271 e. The number of nitro benzene ring substituents is 1. The van der Waals surface area contributed by atoms with Crippen molar-refractivity contribution in [2.45, 2.75) is 0 Å². The molecular weight excluding hydrogens is 353 g/mol. The molecule has 0 aliphatic rings. The van der Waals surface area contributed by atoms with Crippen LogP contribution in [0.2, 0.25) is 0 Å². The van der Waals surface area contributed by atoms with E-state index in [-0.39, 0.29) is 11.8 Å². The molecule has 2 aromatic rings. The summed E-state index contributed by atoms with van der Waals surface area (Å²) in [4.78, 5) is 21.6. The Kier molecular flexibility index (Phi) is 5.05. The second-order valence-corrected chi connectivity index (χ2v) is 4.49. The van der Waals surface area contributed by atoms with E-state index in [9.17, 15) is 36.9 Å². The number of nitro groups is 1. The monoisotopic (exact) mass is 359 g/mol. The first-order valence-corrected chi connectivity index (χ1v) is 6.33. The third kappa shape index (κ3) is 3.59. The highest BCUT2D eigenvalue weighted by molar-refractivity contribution is 5.95. The Hall–Kier alpha value is -3.37. The maximum atomic E-state index is 13.4. The number of hydrazone groups is 1. The molecule has 11 heteroatoms. The molecule has 0 aliphatic carbocycles. The molecule has 1 amide bonds. The van der Waals surface area contributed by atoms with Crippen molar-refractivity contribution in [2.24, 2.45) is 5.10 Å². The molecule has 0 atom stereocenters. The molecule has 2 rings (SSSR count). The summed E-state index contributed by atoms with van der Waals surface area (Å²) < 4.78 is 65.7. The lowest BCUT2D eigenvalue weighted by Crippen LogP contribution is -2.18. The van der Waals surface area contributed by atoms with Crippen LogP contribution in [0.25, 0.3) is 0 Å². The largest absolute Gasteiger partial charge is 0.271 e. The quantitative estimate of drug-likeness (QED) is 0.227. The Bertz CT molecular complexity index is 873. The van der Waals surface area contributed by atoms with Crippen molar-refractivity contribution in [3.63, 3.8) is 0 Å². The van der Waals surface area contributed by atoms with Gasteiger partial charge in [0, 0.05) is 17.7 Å². The van der Waals surface area contributed by atoms with Crippen molar-refractivity contribution < 1.29 is 31.7 Å². The summed E-state index contributed by atoms with van der Waals surface area (Å²) in [5, 5.41) is 13.7.